The first kappa shape index (κ1) is 10.1. The molecule has 0 nitrogen and oxygen atoms in total. The Labute approximate surface area is 77.7 Å². The van der Waals surface area contributed by atoms with Crippen LogP contribution in [0.2, 0.25) is 0 Å². The number of hydrogen-bond acceptors (Lipinski definition) is 0. The maximum atomic E-state index is 2.42. The molecule has 0 aliphatic heterocycles. The first-order valence-electron chi connectivity index (χ1n) is 5.39. The topological polar surface area (TPSA) is 0 Å². The van der Waals surface area contributed by atoms with Crippen molar-refractivity contribution >= 4 is 0 Å². The van der Waals surface area contributed by atoms with Crippen LogP contribution in [-0.2, 0) is 0 Å². The van der Waals surface area contributed by atoms with Crippen molar-refractivity contribution in [3.8, 4) is 0 Å². The summed E-state index contributed by atoms with van der Waals surface area (Å²) in [7, 11) is 0. The summed E-state index contributed by atoms with van der Waals surface area (Å²) in [4.78, 5) is 0. The molecule has 0 aromatic heterocycles. The van der Waals surface area contributed by atoms with Gasteiger partial charge >= 0.3 is 0 Å². The minimum Gasteiger partial charge on any atom is -0.0651 e. The fraction of sp³-hybridized carbons (Fsp3) is 1.00. The van der Waals surface area contributed by atoms with E-state index < -0.39 is 0 Å². The van der Waals surface area contributed by atoms with Crippen LogP contribution in [0.5, 0.6) is 0 Å². The number of hydrogen-bond donors (Lipinski definition) is 0. The molecule has 1 aliphatic carbocycles. The average Bonchev–Trinajstić information content (AvgIpc) is 1.95. The van der Waals surface area contributed by atoms with Gasteiger partial charge in [-0.1, -0.05) is 48.0 Å². The second-order valence-corrected chi connectivity index (χ2v) is 5.68. The van der Waals surface area contributed by atoms with Crippen LogP contribution < -0.4 is 0 Å². The third-order valence-electron chi connectivity index (χ3n) is 4.00. The summed E-state index contributed by atoms with van der Waals surface area (Å²) in [5, 5.41) is 0. The summed E-state index contributed by atoms with van der Waals surface area (Å²) in [6, 6.07) is 0. The summed E-state index contributed by atoms with van der Waals surface area (Å²) in [5.41, 5.74) is 0.520. The molecule has 0 N–H and O–H groups in total. The molecule has 12 heavy (non-hydrogen) atoms. The lowest BCUT2D eigenvalue weighted by molar-refractivity contribution is -0.0706. The molecule has 0 bridgehead atoms. The summed E-state index contributed by atoms with van der Waals surface area (Å²) < 4.78 is 0. The third-order valence-corrected chi connectivity index (χ3v) is 4.00. The molecule has 72 valence electrons. The smallest absolute Gasteiger partial charge is 0.0306 e. The minimum atomic E-state index is 0.520. The molecule has 0 heteroatoms. The largest absolute Gasteiger partial charge is 0.0651 e. The molecule has 4 atom stereocenters. The van der Waals surface area contributed by atoms with Gasteiger partial charge in [-0.2, -0.15) is 0 Å². The second kappa shape index (κ2) is 3.05. The summed E-state index contributed by atoms with van der Waals surface area (Å²) in [5.74, 6) is 3.84. The summed E-state index contributed by atoms with van der Waals surface area (Å²) in [6.07, 6.45) is 1.37. The molecule has 1 fully saturated rings. The summed E-state index contributed by atoms with van der Waals surface area (Å²) in [6.45, 7) is 14.4. The van der Waals surface area contributed by atoms with Crippen LogP contribution >= 0.6 is 0 Å². The Kier molecular flexibility index (Phi) is 2.56. The van der Waals surface area contributed by atoms with Crippen molar-refractivity contribution in [3.05, 3.63) is 0 Å². The second-order valence-electron chi connectivity index (χ2n) is 5.68. The lowest BCUT2D eigenvalue weighted by Crippen LogP contribution is -2.49. The zero-order valence-electron chi connectivity index (χ0n) is 9.52. The van der Waals surface area contributed by atoms with Gasteiger partial charge in [0.2, 0.25) is 0 Å². The monoisotopic (exact) mass is 168 g/mol. The molecule has 0 aromatic rings. The van der Waals surface area contributed by atoms with E-state index in [9.17, 15) is 0 Å². The van der Waals surface area contributed by atoms with Crippen LogP contribution in [0.4, 0.5) is 0 Å². The van der Waals surface area contributed by atoms with Crippen LogP contribution in [0.3, 0.4) is 0 Å². The molecule has 4 unspecified atom stereocenters. The first-order chi connectivity index (χ1) is 5.39. The van der Waals surface area contributed by atoms with E-state index in [1.807, 2.05) is 0 Å². The van der Waals surface area contributed by atoms with E-state index in [0.717, 1.165) is 23.7 Å². The molecule has 1 saturated carbocycles. The lowest BCUT2D eigenvalue weighted by Gasteiger charge is -2.55. The van der Waals surface area contributed by atoms with Crippen molar-refractivity contribution in [1.29, 1.82) is 0 Å². The van der Waals surface area contributed by atoms with Gasteiger partial charge in [0, 0.05) is 0 Å². The molecule has 0 saturated heterocycles. The van der Waals surface area contributed by atoms with Gasteiger partial charge in [0.1, 0.15) is 0 Å². The molecule has 0 spiro atoms. The van der Waals surface area contributed by atoms with Crippen LogP contribution in [0.25, 0.3) is 0 Å². The van der Waals surface area contributed by atoms with Gasteiger partial charge in [0.25, 0.3) is 0 Å². The predicted octanol–water partition coefficient (Wildman–Crippen LogP) is 3.96. The zero-order chi connectivity index (χ0) is 9.52. The minimum absolute atomic E-state index is 0.520. The highest BCUT2D eigenvalue weighted by Gasteiger charge is 2.48. The van der Waals surface area contributed by atoms with E-state index in [2.05, 4.69) is 41.5 Å². The van der Waals surface area contributed by atoms with Gasteiger partial charge in [0.05, 0.1) is 0 Å². The molecule has 1 rings (SSSR count). The SMILES string of the molecule is CCC1C(C)C(C)C1C(C)(C)C. The highest BCUT2D eigenvalue weighted by molar-refractivity contribution is 4.97. The number of rotatable bonds is 1. The van der Waals surface area contributed by atoms with Gasteiger partial charge in [-0.25, -0.2) is 0 Å². The van der Waals surface area contributed by atoms with Gasteiger partial charge in [-0.05, 0) is 29.1 Å². The van der Waals surface area contributed by atoms with E-state index in [1.165, 1.54) is 6.42 Å². The van der Waals surface area contributed by atoms with E-state index >= 15 is 0 Å². The van der Waals surface area contributed by atoms with E-state index in [1.54, 1.807) is 0 Å². The Morgan fingerprint density at radius 2 is 1.50 bits per heavy atom. The maximum Gasteiger partial charge on any atom is -0.0306 e. The first-order valence-corrected chi connectivity index (χ1v) is 5.39. The Hall–Kier alpha value is 0. The summed E-state index contributed by atoms with van der Waals surface area (Å²) >= 11 is 0. The van der Waals surface area contributed by atoms with E-state index in [-0.39, 0.29) is 0 Å². The lowest BCUT2D eigenvalue weighted by atomic mass is 9.50. The Morgan fingerprint density at radius 1 is 1.00 bits per heavy atom. The Balaban J connectivity index is 2.66. The quantitative estimate of drug-likeness (QED) is 0.556. The van der Waals surface area contributed by atoms with E-state index in [4.69, 9.17) is 0 Å². The van der Waals surface area contributed by atoms with Gasteiger partial charge in [0.15, 0.2) is 0 Å². The normalized spacial score (nSPS) is 42.5. The predicted molar refractivity (Wildman–Crippen MR) is 55.1 cm³/mol. The van der Waals surface area contributed by atoms with Crippen LogP contribution in [0, 0.1) is 29.1 Å². The fourth-order valence-corrected chi connectivity index (χ4v) is 3.35. The van der Waals surface area contributed by atoms with Gasteiger partial charge < -0.3 is 0 Å². The van der Waals surface area contributed by atoms with Crippen molar-refractivity contribution in [2.45, 2.75) is 48.0 Å². The molecule has 0 radical (unpaired) electrons. The Morgan fingerprint density at radius 3 is 1.75 bits per heavy atom. The fourth-order valence-electron chi connectivity index (χ4n) is 3.35. The van der Waals surface area contributed by atoms with Crippen LogP contribution in [0.1, 0.15) is 48.0 Å². The molecule has 0 aromatic carbocycles. The molecule has 0 amide bonds. The molecular formula is C12H24. The van der Waals surface area contributed by atoms with E-state index in [0.29, 0.717) is 5.41 Å². The van der Waals surface area contributed by atoms with Crippen molar-refractivity contribution in [1.82, 2.24) is 0 Å². The van der Waals surface area contributed by atoms with Crippen molar-refractivity contribution in [3.63, 3.8) is 0 Å². The molecule has 1 aliphatic rings. The van der Waals surface area contributed by atoms with Crippen LogP contribution in [0.15, 0.2) is 0 Å². The molecular weight excluding hydrogens is 144 g/mol. The maximum absolute atomic E-state index is 2.42. The molecule has 0 heterocycles. The third kappa shape index (κ3) is 1.41. The van der Waals surface area contributed by atoms with Crippen LogP contribution in [-0.4, -0.2) is 0 Å². The van der Waals surface area contributed by atoms with Crippen molar-refractivity contribution < 1.29 is 0 Å². The standard InChI is InChI=1S/C12H24/c1-7-10-8(2)9(3)11(10)12(4,5)6/h8-11H,7H2,1-6H3. The zero-order valence-corrected chi connectivity index (χ0v) is 9.52. The van der Waals surface area contributed by atoms with Gasteiger partial charge in [-0.15, -0.1) is 0 Å². The van der Waals surface area contributed by atoms with Crippen molar-refractivity contribution in [2.75, 3.05) is 0 Å². The average molecular weight is 168 g/mol. The highest BCUT2D eigenvalue weighted by atomic mass is 14.5. The Bertz CT molecular complexity index is 152. The van der Waals surface area contributed by atoms with Gasteiger partial charge in [-0.3, -0.25) is 0 Å². The highest BCUT2D eigenvalue weighted by Crippen LogP contribution is 2.55. The van der Waals surface area contributed by atoms with Crippen molar-refractivity contribution in [2.24, 2.45) is 29.1 Å².